The highest BCUT2D eigenvalue weighted by molar-refractivity contribution is 5.83. The zero-order valence-electron chi connectivity index (χ0n) is 18.8. The molecule has 1 N–H and O–H groups in total. The van der Waals surface area contributed by atoms with Crippen LogP contribution in [-0.2, 0) is 22.4 Å². The molecule has 4 aromatic rings. The molecule has 3 heterocycles. The van der Waals surface area contributed by atoms with Gasteiger partial charge in [-0.05, 0) is 56.2 Å². The van der Waals surface area contributed by atoms with Crippen LogP contribution in [0.15, 0.2) is 54.7 Å². The van der Waals surface area contributed by atoms with E-state index in [-0.39, 0.29) is 24.2 Å². The van der Waals surface area contributed by atoms with E-state index in [1.807, 2.05) is 37.1 Å². The lowest BCUT2D eigenvalue weighted by atomic mass is 10.0. The molecule has 0 aliphatic carbocycles. The molecule has 0 saturated carbocycles. The Morgan fingerprint density at radius 2 is 1.97 bits per heavy atom. The molecule has 170 valence electrons. The van der Waals surface area contributed by atoms with E-state index in [1.165, 1.54) is 23.1 Å². The average Bonchev–Trinajstić information content (AvgIpc) is 3.36. The van der Waals surface area contributed by atoms with Gasteiger partial charge < -0.3 is 14.6 Å². The van der Waals surface area contributed by atoms with Crippen LogP contribution >= 0.6 is 0 Å². The maximum atomic E-state index is 13.4. The first-order valence-corrected chi connectivity index (χ1v) is 11.2. The smallest absolute Gasteiger partial charge is 0.227 e. The van der Waals surface area contributed by atoms with Crippen molar-refractivity contribution in [1.82, 2.24) is 19.7 Å². The number of hydrogen-bond acceptors (Lipinski definition) is 3. The third kappa shape index (κ3) is 4.16. The lowest BCUT2D eigenvalue weighted by molar-refractivity contribution is -0.139. The molecular weight excluding hydrogens is 419 g/mol. The highest BCUT2D eigenvalue weighted by atomic mass is 19.1. The summed E-state index contributed by atoms with van der Waals surface area (Å²) in [5, 5.41) is 5.80. The summed E-state index contributed by atoms with van der Waals surface area (Å²) in [5.41, 5.74) is 5.69. The van der Waals surface area contributed by atoms with Gasteiger partial charge in [-0.25, -0.2) is 9.07 Å². The Balaban J connectivity index is 1.36. The van der Waals surface area contributed by atoms with Crippen molar-refractivity contribution < 1.29 is 13.9 Å². The predicted molar refractivity (Wildman–Crippen MR) is 125 cm³/mol. The van der Waals surface area contributed by atoms with Crippen molar-refractivity contribution in [3.05, 3.63) is 83.1 Å². The van der Waals surface area contributed by atoms with Crippen LogP contribution in [0.3, 0.4) is 0 Å². The summed E-state index contributed by atoms with van der Waals surface area (Å²) >= 11 is 0. The molecule has 1 amide bonds. The number of morpholine rings is 1. The molecule has 0 spiro atoms. The van der Waals surface area contributed by atoms with E-state index in [1.54, 1.807) is 16.8 Å². The van der Waals surface area contributed by atoms with Crippen LogP contribution in [0.5, 0.6) is 0 Å². The Morgan fingerprint density at radius 1 is 1.18 bits per heavy atom. The highest BCUT2D eigenvalue weighted by Crippen LogP contribution is 2.24. The van der Waals surface area contributed by atoms with Crippen LogP contribution in [0.2, 0.25) is 0 Å². The summed E-state index contributed by atoms with van der Waals surface area (Å²) in [6.45, 7) is 5.52. The lowest BCUT2D eigenvalue weighted by Crippen LogP contribution is -2.50. The van der Waals surface area contributed by atoms with Gasteiger partial charge >= 0.3 is 0 Å². The van der Waals surface area contributed by atoms with E-state index in [0.717, 1.165) is 34.6 Å². The van der Waals surface area contributed by atoms with Gasteiger partial charge in [0.25, 0.3) is 0 Å². The fraction of sp³-hybridized carbons (Fsp3) is 0.308. The van der Waals surface area contributed by atoms with Crippen LogP contribution in [-0.4, -0.2) is 51.4 Å². The fourth-order valence-electron chi connectivity index (χ4n) is 4.72. The molecule has 1 aliphatic heterocycles. The molecule has 2 aromatic heterocycles. The number of aryl methyl sites for hydroxylation is 1. The number of aromatic amines is 1. The lowest BCUT2D eigenvalue weighted by Gasteiger charge is -2.36. The van der Waals surface area contributed by atoms with E-state index in [2.05, 4.69) is 22.2 Å². The quantitative estimate of drug-likeness (QED) is 0.502. The minimum Gasteiger partial charge on any atom is -0.377 e. The zero-order valence-corrected chi connectivity index (χ0v) is 18.8. The fourth-order valence-corrected chi connectivity index (χ4v) is 4.72. The number of H-pyrrole nitrogens is 1. The molecule has 1 fully saturated rings. The van der Waals surface area contributed by atoms with Crippen molar-refractivity contribution in [2.45, 2.75) is 32.7 Å². The van der Waals surface area contributed by atoms with Crippen molar-refractivity contribution in [1.29, 1.82) is 0 Å². The summed E-state index contributed by atoms with van der Waals surface area (Å²) in [6.07, 6.45) is 3.05. The van der Waals surface area contributed by atoms with Gasteiger partial charge in [-0.1, -0.05) is 18.2 Å². The molecule has 0 radical (unpaired) electrons. The third-order valence-corrected chi connectivity index (χ3v) is 6.52. The molecule has 6 nitrogen and oxygen atoms in total. The number of halogens is 1. The Hall–Kier alpha value is -3.45. The highest BCUT2D eigenvalue weighted by Gasteiger charge is 2.29. The second kappa shape index (κ2) is 8.83. The monoisotopic (exact) mass is 446 g/mol. The number of carbonyl (C=O) groups is 1. The number of aromatic nitrogens is 3. The van der Waals surface area contributed by atoms with E-state index in [4.69, 9.17) is 4.74 Å². The first-order valence-electron chi connectivity index (χ1n) is 11.2. The van der Waals surface area contributed by atoms with E-state index in [0.29, 0.717) is 19.8 Å². The molecule has 1 aliphatic rings. The first kappa shape index (κ1) is 21.4. The molecule has 0 bridgehead atoms. The number of amides is 1. The second-order valence-corrected chi connectivity index (χ2v) is 8.59. The van der Waals surface area contributed by atoms with Gasteiger partial charge in [0.1, 0.15) is 5.82 Å². The van der Waals surface area contributed by atoms with E-state index >= 15 is 0 Å². The van der Waals surface area contributed by atoms with Gasteiger partial charge in [0.2, 0.25) is 5.91 Å². The summed E-state index contributed by atoms with van der Waals surface area (Å²) in [7, 11) is 0. The van der Waals surface area contributed by atoms with E-state index in [9.17, 15) is 9.18 Å². The van der Waals surface area contributed by atoms with E-state index < -0.39 is 0 Å². The van der Waals surface area contributed by atoms with Crippen LogP contribution in [0.1, 0.15) is 22.5 Å². The number of rotatable bonds is 5. The molecule has 33 heavy (non-hydrogen) atoms. The number of benzene rings is 2. The summed E-state index contributed by atoms with van der Waals surface area (Å²) < 4.78 is 20.9. The maximum Gasteiger partial charge on any atom is 0.227 e. The van der Waals surface area contributed by atoms with Crippen LogP contribution < -0.4 is 0 Å². The van der Waals surface area contributed by atoms with Crippen molar-refractivity contribution in [3.63, 3.8) is 0 Å². The normalized spacial score (nSPS) is 16.5. The standard InChI is InChI=1S/C26H27FN4O2/c1-17-24(18(2)31(29-17)21-9-7-20(27)8-10-21)14-26(32)30-11-12-33-16-22(30)13-19-15-28-25-6-4-3-5-23(19)25/h3-10,15,22,28H,11-14,16H2,1-2H3. The summed E-state index contributed by atoms with van der Waals surface area (Å²) in [4.78, 5) is 18.7. The number of ether oxygens (including phenoxy) is 1. The first-order chi connectivity index (χ1) is 16.0. The average molecular weight is 447 g/mol. The minimum absolute atomic E-state index is 0.0155. The number of para-hydroxylation sites is 1. The predicted octanol–water partition coefficient (Wildman–Crippen LogP) is 4.12. The number of nitrogens with one attached hydrogen (secondary N) is 1. The Labute approximate surface area is 192 Å². The van der Waals surface area contributed by atoms with Gasteiger partial charge in [-0.15, -0.1) is 0 Å². The summed E-state index contributed by atoms with van der Waals surface area (Å²) in [6, 6.07) is 14.4. The number of nitrogens with zero attached hydrogens (tertiary/aromatic N) is 3. The second-order valence-electron chi connectivity index (χ2n) is 8.59. The summed E-state index contributed by atoms with van der Waals surface area (Å²) in [5.74, 6) is -0.211. The molecule has 2 aromatic carbocycles. The topological polar surface area (TPSA) is 63.1 Å². The SMILES string of the molecule is Cc1nn(-c2ccc(F)cc2)c(C)c1CC(=O)N1CCOCC1Cc1c[nH]c2ccccc12. The number of carbonyl (C=O) groups excluding carboxylic acids is 1. The third-order valence-electron chi connectivity index (χ3n) is 6.52. The van der Waals surface area contributed by atoms with Gasteiger partial charge in [0.15, 0.2) is 0 Å². The Kier molecular flexibility index (Phi) is 5.72. The molecule has 1 saturated heterocycles. The van der Waals surface area contributed by atoms with Crippen LogP contribution in [0.4, 0.5) is 4.39 Å². The van der Waals surface area contributed by atoms with Crippen LogP contribution in [0.25, 0.3) is 16.6 Å². The molecule has 1 unspecified atom stereocenters. The largest absolute Gasteiger partial charge is 0.377 e. The van der Waals surface area contributed by atoms with Crippen molar-refractivity contribution >= 4 is 16.8 Å². The van der Waals surface area contributed by atoms with Gasteiger partial charge in [-0.3, -0.25) is 4.79 Å². The zero-order chi connectivity index (χ0) is 22.9. The van der Waals surface area contributed by atoms with Gasteiger partial charge in [-0.2, -0.15) is 5.10 Å². The van der Waals surface area contributed by atoms with Crippen LogP contribution in [0, 0.1) is 19.7 Å². The molecule has 5 rings (SSSR count). The van der Waals surface area contributed by atoms with Crippen molar-refractivity contribution in [2.75, 3.05) is 19.8 Å². The Bertz CT molecular complexity index is 1290. The number of fused-ring (bicyclic) bond motifs is 1. The Morgan fingerprint density at radius 3 is 2.79 bits per heavy atom. The van der Waals surface area contributed by atoms with Gasteiger partial charge in [0, 0.05) is 34.9 Å². The molecule has 1 atom stereocenters. The number of hydrogen-bond donors (Lipinski definition) is 1. The molecular formula is C26H27FN4O2. The molecule has 7 heteroatoms. The van der Waals surface area contributed by atoms with Gasteiger partial charge in [0.05, 0.1) is 37.1 Å². The minimum atomic E-state index is -0.288. The van der Waals surface area contributed by atoms with Crippen molar-refractivity contribution in [3.8, 4) is 5.69 Å². The van der Waals surface area contributed by atoms with Crippen molar-refractivity contribution in [2.24, 2.45) is 0 Å². The maximum absolute atomic E-state index is 13.4.